The molecule has 1 unspecified atom stereocenters. The predicted octanol–water partition coefficient (Wildman–Crippen LogP) is 5.60. The highest BCUT2D eigenvalue weighted by Gasteiger charge is 2.38. The predicted molar refractivity (Wildman–Crippen MR) is 150 cm³/mol. The molecular weight excluding hydrogens is 495 g/mol. The third kappa shape index (κ3) is 4.92. The van der Waals surface area contributed by atoms with E-state index in [9.17, 15) is 9.18 Å². The van der Waals surface area contributed by atoms with Crippen LogP contribution in [-0.2, 0) is 12.5 Å². The molecule has 1 saturated heterocycles. The summed E-state index contributed by atoms with van der Waals surface area (Å²) in [7, 11) is 1.72. The van der Waals surface area contributed by atoms with E-state index in [2.05, 4.69) is 54.2 Å². The molecule has 0 N–H and O–H groups in total. The van der Waals surface area contributed by atoms with Crippen LogP contribution in [0, 0.1) is 12.4 Å². The van der Waals surface area contributed by atoms with Crippen LogP contribution in [0.2, 0.25) is 0 Å². The molecule has 39 heavy (non-hydrogen) atoms. The van der Waals surface area contributed by atoms with Gasteiger partial charge in [0.05, 0.1) is 16.9 Å². The van der Waals surface area contributed by atoms with Crippen molar-refractivity contribution in [1.82, 2.24) is 19.4 Å². The molecule has 1 aromatic carbocycles. The molecule has 0 amide bonds. The Kier molecular flexibility index (Phi) is 6.77. The van der Waals surface area contributed by atoms with Gasteiger partial charge in [0.25, 0.3) is 11.4 Å². The number of halogens is 1. The molecule has 4 heterocycles. The van der Waals surface area contributed by atoms with Crippen LogP contribution in [0.25, 0.3) is 15.9 Å². The second-order valence-electron chi connectivity index (χ2n) is 11.4. The molecule has 0 radical (unpaired) electrons. The van der Waals surface area contributed by atoms with E-state index in [-0.39, 0.29) is 40.7 Å². The molecule has 202 valence electrons. The maximum absolute atomic E-state index is 13.9. The number of nitrogens with zero attached hydrogens (tertiary/aromatic N) is 6. The van der Waals surface area contributed by atoms with E-state index in [0.29, 0.717) is 30.0 Å². The van der Waals surface area contributed by atoms with E-state index in [0.717, 1.165) is 16.9 Å². The Bertz CT molecular complexity index is 1610. The van der Waals surface area contributed by atoms with Gasteiger partial charge in [0.15, 0.2) is 0 Å². The maximum Gasteiger partial charge on any atom is 0.270 e. The number of fused-ring (bicyclic) bond motifs is 1. The van der Waals surface area contributed by atoms with Crippen molar-refractivity contribution < 1.29 is 8.81 Å². The lowest BCUT2D eigenvalue weighted by atomic mass is 9.93. The van der Waals surface area contributed by atoms with Gasteiger partial charge in [-0.2, -0.15) is 0 Å². The first-order valence-electron chi connectivity index (χ1n) is 13.1. The Morgan fingerprint density at radius 2 is 1.79 bits per heavy atom. The number of hydrogen-bond acceptors (Lipinski definition) is 6. The zero-order valence-electron chi connectivity index (χ0n) is 23.1. The van der Waals surface area contributed by atoms with E-state index >= 15 is 0 Å². The van der Waals surface area contributed by atoms with Crippen LogP contribution < -0.4 is 10.5 Å². The lowest BCUT2D eigenvalue weighted by Gasteiger charge is -2.47. The summed E-state index contributed by atoms with van der Waals surface area (Å²) in [5.74, 6) is 0.563. The molecule has 8 nitrogen and oxygen atoms in total. The number of hydrogen-bond donors (Lipinski definition) is 0. The Labute approximate surface area is 227 Å². The quantitative estimate of drug-likeness (QED) is 0.321. The third-order valence-electron chi connectivity index (χ3n) is 7.55. The van der Waals surface area contributed by atoms with Crippen molar-refractivity contribution in [3.05, 3.63) is 93.5 Å². The summed E-state index contributed by atoms with van der Waals surface area (Å²) in [5.41, 5.74) is 3.50. The zero-order valence-corrected chi connectivity index (χ0v) is 23.1. The highest BCUT2D eigenvalue weighted by molar-refractivity contribution is 5.89. The molecule has 4 aromatic rings. The maximum atomic E-state index is 13.9. The molecule has 0 spiro atoms. The number of benzene rings is 1. The molecule has 1 fully saturated rings. The summed E-state index contributed by atoms with van der Waals surface area (Å²) in [6, 6.07) is 11.2. The summed E-state index contributed by atoms with van der Waals surface area (Å²) in [6.45, 7) is 19.2. The lowest BCUT2D eigenvalue weighted by Crippen LogP contribution is -2.57. The molecular formula is C30H33FN6O2. The molecule has 0 aliphatic carbocycles. The zero-order chi connectivity index (χ0) is 28.1. The average Bonchev–Trinajstić information content (AvgIpc) is 3.40. The van der Waals surface area contributed by atoms with Gasteiger partial charge in [-0.15, -0.1) is 4.98 Å². The second kappa shape index (κ2) is 9.93. The number of pyridine rings is 2. The summed E-state index contributed by atoms with van der Waals surface area (Å²) < 4.78 is 21.5. The first-order valence-corrected chi connectivity index (χ1v) is 13.1. The van der Waals surface area contributed by atoms with E-state index < -0.39 is 0 Å². The lowest BCUT2D eigenvalue weighted by molar-refractivity contribution is 0.114. The van der Waals surface area contributed by atoms with Crippen LogP contribution in [0.15, 0.2) is 57.9 Å². The van der Waals surface area contributed by atoms with E-state index in [1.54, 1.807) is 48.2 Å². The molecule has 1 aliphatic rings. The van der Waals surface area contributed by atoms with Crippen LogP contribution in [0.4, 0.5) is 15.9 Å². The van der Waals surface area contributed by atoms with E-state index in [1.165, 1.54) is 12.1 Å². The summed E-state index contributed by atoms with van der Waals surface area (Å²) in [6.07, 6.45) is 1.71. The van der Waals surface area contributed by atoms with Gasteiger partial charge in [-0.25, -0.2) is 9.37 Å². The number of piperazine rings is 1. The standard InChI is InChI=1S/C30H33FN6O2/c1-18-16-37(28(20-8-10-21(31)11-9-20)29-33-24(17-39-29)30(3,4)5)19(2)15-36(18)23-14-26(38)35(7)22-12-13-25(32-6)34-27(22)23/h8-14,17-19,28H,15-16H2,1-5,7H3/t18-,19+,28?/m0/s1. The second-order valence-corrected chi connectivity index (χ2v) is 11.4. The Balaban J connectivity index is 1.55. The smallest absolute Gasteiger partial charge is 0.270 e. The minimum absolute atomic E-state index is 0.00472. The van der Waals surface area contributed by atoms with Crippen LogP contribution in [0.1, 0.15) is 57.8 Å². The summed E-state index contributed by atoms with van der Waals surface area (Å²) in [5, 5.41) is 0. The number of aryl methyl sites for hydroxylation is 1. The molecule has 0 bridgehead atoms. The first-order chi connectivity index (χ1) is 18.5. The van der Waals surface area contributed by atoms with Crippen molar-refractivity contribution in [1.29, 1.82) is 0 Å². The molecule has 9 heteroatoms. The van der Waals surface area contributed by atoms with Gasteiger partial charge >= 0.3 is 0 Å². The summed E-state index contributed by atoms with van der Waals surface area (Å²) >= 11 is 0. The molecule has 5 rings (SSSR count). The van der Waals surface area contributed by atoms with Crippen molar-refractivity contribution in [3.8, 4) is 0 Å². The highest BCUT2D eigenvalue weighted by atomic mass is 19.1. The van der Waals surface area contributed by atoms with Crippen LogP contribution >= 0.6 is 0 Å². The normalized spacial score (nSPS) is 19.3. The molecule has 3 atom stereocenters. The van der Waals surface area contributed by atoms with Crippen LogP contribution in [-0.4, -0.2) is 44.6 Å². The van der Waals surface area contributed by atoms with Crippen molar-refractivity contribution >= 4 is 22.5 Å². The van der Waals surface area contributed by atoms with Gasteiger partial charge in [0.2, 0.25) is 11.4 Å². The van der Waals surface area contributed by atoms with Gasteiger partial charge in [0, 0.05) is 43.7 Å². The van der Waals surface area contributed by atoms with Crippen molar-refractivity contribution in [3.63, 3.8) is 0 Å². The first kappa shape index (κ1) is 26.6. The highest BCUT2D eigenvalue weighted by Crippen LogP contribution is 2.37. The summed E-state index contributed by atoms with van der Waals surface area (Å²) in [4.78, 5) is 30.4. The number of oxazole rings is 1. The van der Waals surface area contributed by atoms with Gasteiger partial charge in [-0.3, -0.25) is 9.69 Å². The minimum atomic E-state index is -0.312. The van der Waals surface area contributed by atoms with E-state index in [4.69, 9.17) is 16.0 Å². The number of rotatable bonds is 4. The third-order valence-corrected chi connectivity index (χ3v) is 7.55. The Morgan fingerprint density at radius 3 is 2.44 bits per heavy atom. The van der Waals surface area contributed by atoms with Gasteiger partial charge in [-0.05, 0) is 43.7 Å². The van der Waals surface area contributed by atoms with Crippen LogP contribution in [0.5, 0.6) is 0 Å². The fourth-order valence-electron chi connectivity index (χ4n) is 5.31. The fraction of sp³-hybridized carbons (Fsp3) is 0.400. The van der Waals surface area contributed by atoms with Crippen molar-refractivity contribution in [2.24, 2.45) is 7.05 Å². The monoisotopic (exact) mass is 528 g/mol. The Morgan fingerprint density at radius 1 is 1.08 bits per heavy atom. The topological polar surface area (TPSA) is 71.8 Å². The average molecular weight is 529 g/mol. The molecule has 3 aromatic heterocycles. The number of aromatic nitrogens is 3. The van der Waals surface area contributed by atoms with Crippen molar-refractivity contribution in [2.75, 3.05) is 18.0 Å². The Hall–Kier alpha value is -4.03. The van der Waals surface area contributed by atoms with Gasteiger partial charge < -0.3 is 18.7 Å². The van der Waals surface area contributed by atoms with Crippen molar-refractivity contribution in [2.45, 2.75) is 58.2 Å². The molecule has 0 saturated carbocycles. The van der Waals surface area contributed by atoms with Gasteiger partial charge in [0.1, 0.15) is 18.1 Å². The number of anilines is 1. The fourth-order valence-corrected chi connectivity index (χ4v) is 5.31. The SMILES string of the molecule is [C-]#[N+]c1ccc2c(n1)c(N1C[C@@H](C)N(C(c3ccc(F)cc3)c3nc(C(C)(C)C)co3)C[C@@H]1C)cc(=O)n2C. The van der Waals surface area contributed by atoms with Crippen LogP contribution in [0.3, 0.4) is 0 Å². The molecule has 1 aliphatic heterocycles. The minimum Gasteiger partial charge on any atom is -0.447 e. The van der Waals surface area contributed by atoms with E-state index in [1.807, 2.05) is 0 Å². The largest absolute Gasteiger partial charge is 0.447 e. The van der Waals surface area contributed by atoms with Gasteiger partial charge in [-0.1, -0.05) is 39.5 Å².